The van der Waals surface area contributed by atoms with Crippen LogP contribution in [-0.4, -0.2) is 20.2 Å². The highest BCUT2D eigenvalue weighted by molar-refractivity contribution is 7.89. The summed E-state index contributed by atoms with van der Waals surface area (Å²) < 4.78 is 25.2. The average Bonchev–Trinajstić information content (AvgIpc) is 2.71. The van der Waals surface area contributed by atoms with Gasteiger partial charge in [0, 0.05) is 6.04 Å². The Morgan fingerprint density at radius 2 is 2.00 bits per heavy atom. The molecule has 0 bridgehead atoms. The Labute approximate surface area is 74.6 Å². The van der Waals surface area contributed by atoms with Crippen LogP contribution in [0, 0.1) is 0 Å². The molecule has 1 fully saturated rings. The van der Waals surface area contributed by atoms with Gasteiger partial charge in [-0.15, -0.1) is 0 Å². The quantitative estimate of drug-likeness (QED) is 0.642. The van der Waals surface area contributed by atoms with E-state index in [2.05, 4.69) is 11.6 Å². The van der Waals surface area contributed by atoms with Gasteiger partial charge in [-0.3, -0.25) is 0 Å². The Bertz CT molecular complexity index is 219. The van der Waals surface area contributed by atoms with Crippen LogP contribution in [0.3, 0.4) is 0 Å². The fourth-order valence-corrected chi connectivity index (χ4v) is 2.50. The van der Waals surface area contributed by atoms with Gasteiger partial charge in [0.2, 0.25) is 10.0 Å². The smallest absolute Gasteiger partial charge is 0.211 e. The Morgan fingerprint density at radius 3 is 2.50 bits per heavy atom. The third kappa shape index (κ3) is 4.07. The summed E-state index contributed by atoms with van der Waals surface area (Å²) in [5.41, 5.74) is 0. The first-order valence-electron chi connectivity index (χ1n) is 4.64. The van der Waals surface area contributed by atoms with Crippen LogP contribution in [0.5, 0.6) is 0 Å². The molecule has 0 aromatic carbocycles. The van der Waals surface area contributed by atoms with Crippen LogP contribution in [0.2, 0.25) is 0 Å². The number of nitrogens with one attached hydrogen (secondary N) is 1. The van der Waals surface area contributed by atoms with E-state index in [9.17, 15) is 8.42 Å². The van der Waals surface area contributed by atoms with Crippen molar-refractivity contribution in [3.05, 3.63) is 0 Å². The summed E-state index contributed by atoms with van der Waals surface area (Å²) >= 11 is 0. The lowest BCUT2D eigenvalue weighted by Gasteiger charge is -2.03. The van der Waals surface area contributed by atoms with E-state index in [-0.39, 0.29) is 6.04 Å². The molecule has 0 aromatic rings. The van der Waals surface area contributed by atoms with E-state index in [4.69, 9.17) is 0 Å². The first-order chi connectivity index (χ1) is 5.64. The van der Waals surface area contributed by atoms with Crippen LogP contribution in [0.25, 0.3) is 0 Å². The van der Waals surface area contributed by atoms with Crippen molar-refractivity contribution in [3.63, 3.8) is 0 Å². The molecular formula is C8H17NO2S. The van der Waals surface area contributed by atoms with E-state index in [1.807, 2.05) is 0 Å². The molecule has 1 aliphatic rings. The molecule has 1 aliphatic carbocycles. The predicted molar refractivity (Wildman–Crippen MR) is 49.5 cm³/mol. The van der Waals surface area contributed by atoms with Crippen LogP contribution in [0.4, 0.5) is 0 Å². The zero-order valence-corrected chi connectivity index (χ0v) is 8.36. The second-order valence-corrected chi connectivity index (χ2v) is 5.29. The molecule has 12 heavy (non-hydrogen) atoms. The minimum absolute atomic E-state index is 0.261. The van der Waals surface area contributed by atoms with E-state index in [1.165, 1.54) is 0 Å². The lowest BCUT2D eigenvalue weighted by atomic mass is 10.3. The molecule has 0 saturated heterocycles. The first kappa shape index (κ1) is 9.99. The fraction of sp³-hybridized carbons (Fsp3) is 1.00. The van der Waals surface area contributed by atoms with Gasteiger partial charge in [-0.25, -0.2) is 13.1 Å². The summed E-state index contributed by atoms with van der Waals surface area (Å²) in [6.07, 6.45) is 4.91. The molecule has 1 rings (SSSR count). The van der Waals surface area contributed by atoms with E-state index >= 15 is 0 Å². The summed E-state index contributed by atoms with van der Waals surface area (Å²) in [6, 6.07) is 0.261. The van der Waals surface area contributed by atoms with Crippen molar-refractivity contribution < 1.29 is 8.42 Å². The maximum absolute atomic E-state index is 11.2. The Kier molecular flexibility index (Phi) is 3.53. The number of rotatable bonds is 6. The summed E-state index contributed by atoms with van der Waals surface area (Å²) in [4.78, 5) is 0. The van der Waals surface area contributed by atoms with Crippen molar-refractivity contribution >= 4 is 10.0 Å². The molecule has 0 atom stereocenters. The normalized spacial score (nSPS) is 18.1. The summed E-state index contributed by atoms with van der Waals surface area (Å²) in [7, 11) is -2.94. The van der Waals surface area contributed by atoms with Crippen molar-refractivity contribution in [2.75, 3.05) is 5.75 Å². The van der Waals surface area contributed by atoms with Crippen molar-refractivity contribution in [1.29, 1.82) is 0 Å². The molecule has 0 amide bonds. The van der Waals surface area contributed by atoms with Crippen LogP contribution >= 0.6 is 0 Å². The van der Waals surface area contributed by atoms with E-state index in [0.717, 1.165) is 32.1 Å². The van der Waals surface area contributed by atoms with Crippen LogP contribution in [0.15, 0.2) is 0 Å². The monoisotopic (exact) mass is 191 g/mol. The third-order valence-electron chi connectivity index (χ3n) is 1.94. The van der Waals surface area contributed by atoms with Crippen molar-refractivity contribution in [2.24, 2.45) is 0 Å². The van der Waals surface area contributed by atoms with Gasteiger partial charge in [-0.05, 0) is 19.3 Å². The number of sulfonamides is 1. The number of unbranched alkanes of at least 4 members (excludes halogenated alkanes) is 2. The lowest BCUT2D eigenvalue weighted by Crippen LogP contribution is -2.28. The highest BCUT2D eigenvalue weighted by Crippen LogP contribution is 2.19. The van der Waals surface area contributed by atoms with Crippen LogP contribution in [-0.2, 0) is 10.0 Å². The predicted octanol–water partition coefficient (Wildman–Crippen LogP) is 1.26. The fourth-order valence-electron chi connectivity index (χ4n) is 1.06. The third-order valence-corrected chi connectivity index (χ3v) is 3.46. The van der Waals surface area contributed by atoms with E-state index in [1.54, 1.807) is 0 Å². The maximum atomic E-state index is 11.2. The number of hydrogen-bond donors (Lipinski definition) is 1. The van der Waals surface area contributed by atoms with Crippen molar-refractivity contribution in [3.8, 4) is 0 Å². The van der Waals surface area contributed by atoms with E-state index in [0.29, 0.717) is 5.75 Å². The topological polar surface area (TPSA) is 46.2 Å². The van der Waals surface area contributed by atoms with Crippen LogP contribution < -0.4 is 4.72 Å². The largest absolute Gasteiger partial charge is 0.212 e. The molecule has 1 saturated carbocycles. The first-order valence-corrected chi connectivity index (χ1v) is 6.29. The minimum atomic E-state index is -2.94. The molecular weight excluding hydrogens is 174 g/mol. The lowest BCUT2D eigenvalue weighted by molar-refractivity contribution is 0.576. The second-order valence-electron chi connectivity index (χ2n) is 3.42. The second kappa shape index (κ2) is 4.23. The Morgan fingerprint density at radius 1 is 1.33 bits per heavy atom. The molecule has 0 radical (unpaired) electrons. The SMILES string of the molecule is CCCCCS(=O)(=O)NC1CC1. The highest BCUT2D eigenvalue weighted by Gasteiger charge is 2.26. The van der Waals surface area contributed by atoms with Crippen molar-refractivity contribution in [1.82, 2.24) is 4.72 Å². The molecule has 3 nitrogen and oxygen atoms in total. The molecule has 0 heterocycles. The Hall–Kier alpha value is -0.0900. The van der Waals surface area contributed by atoms with Gasteiger partial charge in [0.15, 0.2) is 0 Å². The van der Waals surface area contributed by atoms with Gasteiger partial charge in [0.25, 0.3) is 0 Å². The van der Waals surface area contributed by atoms with Crippen LogP contribution in [0.1, 0.15) is 39.0 Å². The molecule has 0 unspecified atom stereocenters. The van der Waals surface area contributed by atoms with Gasteiger partial charge in [0.05, 0.1) is 5.75 Å². The highest BCUT2D eigenvalue weighted by atomic mass is 32.2. The minimum Gasteiger partial charge on any atom is -0.212 e. The van der Waals surface area contributed by atoms with Gasteiger partial charge in [0.1, 0.15) is 0 Å². The molecule has 0 aliphatic heterocycles. The standard InChI is InChI=1S/C8H17NO2S/c1-2-3-4-7-12(10,11)9-8-5-6-8/h8-9H,2-7H2,1H3. The van der Waals surface area contributed by atoms with Gasteiger partial charge >= 0.3 is 0 Å². The summed E-state index contributed by atoms with van der Waals surface area (Å²) in [5, 5.41) is 0. The molecule has 0 aromatic heterocycles. The average molecular weight is 191 g/mol. The number of hydrogen-bond acceptors (Lipinski definition) is 2. The maximum Gasteiger partial charge on any atom is 0.211 e. The molecule has 72 valence electrons. The molecule has 4 heteroatoms. The van der Waals surface area contributed by atoms with Crippen molar-refractivity contribution in [2.45, 2.75) is 45.1 Å². The zero-order valence-electron chi connectivity index (χ0n) is 7.54. The van der Waals surface area contributed by atoms with Gasteiger partial charge < -0.3 is 0 Å². The van der Waals surface area contributed by atoms with Gasteiger partial charge in [-0.1, -0.05) is 19.8 Å². The summed E-state index contributed by atoms with van der Waals surface area (Å²) in [6.45, 7) is 2.07. The molecule has 1 N–H and O–H groups in total. The summed E-state index contributed by atoms with van der Waals surface area (Å²) in [5.74, 6) is 0.303. The van der Waals surface area contributed by atoms with E-state index < -0.39 is 10.0 Å². The molecule has 0 spiro atoms. The van der Waals surface area contributed by atoms with Gasteiger partial charge in [-0.2, -0.15) is 0 Å². The Balaban J connectivity index is 2.17. The zero-order chi connectivity index (χ0) is 9.03.